The molecule has 8 heteroatoms. The number of ether oxygens (including phenoxy) is 2. The van der Waals surface area contributed by atoms with Crippen LogP contribution in [0.15, 0.2) is 58.7 Å². The minimum atomic E-state index is 0.232. The van der Waals surface area contributed by atoms with E-state index in [4.69, 9.17) is 26.8 Å². The van der Waals surface area contributed by atoms with Gasteiger partial charge in [0.1, 0.15) is 17.0 Å². The van der Waals surface area contributed by atoms with Gasteiger partial charge in [-0.3, -0.25) is 0 Å². The molecule has 0 saturated heterocycles. The molecule has 2 aromatic carbocycles. The standard InChI is InChI=1S/C17H13ClN4O2S/c18-10-1-4-12(5-2-10)25-17-15(19)16(20-8-21-17)22-11-3-6-13-14(7-11)24-9-23-13/h1-8H,9,19H2,(H,20,21,22). The van der Waals surface area contributed by atoms with Gasteiger partial charge in [0.2, 0.25) is 6.79 Å². The molecule has 0 amide bonds. The Kier molecular flexibility index (Phi) is 4.25. The van der Waals surface area contributed by atoms with Crippen LogP contribution in [-0.2, 0) is 0 Å². The summed E-state index contributed by atoms with van der Waals surface area (Å²) in [7, 11) is 0. The van der Waals surface area contributed by atoms with E-state index in [1.165, 1.54) is 18.1 Å². The number of fused-ring (bicyclic) bond motifs is 1. The van der Waals surface area contributed by atoms with Crippen molar-refractivity contribution in [1.82, 2.24) is 9.97 Å². The second-order valence-electron chi connectivity index (χ2n) is 5.19. The van der Waals surface area contributed by atoms with E-state index < -0.39 is 0 Å². The molecule has 0 spiro atoms. The highest BCUT2D eigenvalue weighted by Crippen LogP contribution is 2.37. The molecule has 0 bridgehead atoms. The third-order valence-corrected chi connectivity index (χ3v) is 4.79. The average Bonchev–Trinajstić information content (AvgIpc) is 3.08. The molecule has 0 unspecified atom stereocenters. The van der Waals surface area contributed by atoms with Crippen LogP contribution in [0, 0.1) is 0 Å². The van der Waals surface area contributed by atoms with Gasteiger partial charge in [-0.25, -0.2) is 9.97 Å². The van der Waals surface area contributed by atoms with Crippen LogP contribution in [0.25, 0.3) is 0 Å². The van der Waals surface area contributed by atoms with Crippen molar-refractivity contribution >= 4 is 40.6 Å². The van der Waals surface area contributed by atoms with E-state index in [0.717, 1.165) is 16.3 Å². The van der Waals surface area contributed by atoms with Crippen LogP contribution in [-0.4, -0.2) is 16.8 Å². The lowest BCUT2D eigenvalue weighted by Crippen LogP contribution is -2.02. The summed E-state index contributed by atoms with van der Waals surface area (Å²) in [6, 6.07) is 13.0. The molecule has 3 aromatic rings. The van der Waals surface area contributed by atoms with Crippen LogP contribution >= 0.6 is 23.4 Å². The molecule has 0 radical (unpaired) electrons. The summed E-state index contributed by atoms with van der Waals surface area (Å²) >= 11 is 7.36. The molecule has 0 saturated carbocycles. The van der Waals surface area contributed by atoms with E-state index in [1.54, 1.807) is 0 Å². The van der Waals surface area contributed by atoms with Crippen LogP contribution in [0.1, 0.15) is 0 Å². The van der Waals surface area contributed by atoms with Crippen LogP contribution in [0.2, 0.25) is 5.02 Å². The van der Waals surface area contributed by atoms with Gasteiger partial charge in [0.05, 0.1) is 0 Å². The number of nitrogens with one attached hydrogen (secondary N) is 1. The lowest BCUT2D eigenvalue weighted by Gasteiger charge is -2.11. The topological polar surface area (TPSA) is 82.3 Å². The van der Waals surface area contributed by atoms with E-state index in [0.29, 0.717) is 27.3 Å². The Labute approximate surface area is 153 Å². The van der Waals surface area contributed by atoms with Gasteiger partial charge in [0.25, 0.3) is 0 Å². The van der Waals surface area contributed by atoms with Gasteiger partial charge in [-0.1, -0.05) is 23.4 Å². The fraction of sp³-hybridized carbons (Fsp3) is 0.0588. The number of benzene rings is 2. The Bertz CT molecular complexity index is 921. The molecule has 1 aromatic heterocycles. The van der Waals surface area contributed by atoms with Gasteiger partial charge in [-0.15, -0.1) is 0 Å². The minimum Gasteiger partial charge on any atom is -0.454 e. The summed E-state index contributed by atoms with van der Waals surface area (Å²) < 4.78 is 10.7. The molecule has 0 atom stereocenters. The SMILES string of the molecule is Nc1c(Nc2ccc3c(c2)OCO3)ncnc1Sc1ccc(Cl)cc1. The van der Waals surface area contributed by atoms with Crippen molar-refractivity contribution < 1.29 is 9.47 Å². The summed E-state index contributed by atoms with van der Waals surface area (Å²) in [5.74, 6) is 1.94. The first-order chi connectivity index (χ1) is 12.2. The highest BCUT2D eigenvalue weighted by Gasteiger charge is 2.15. The Balaban J connectivity index is 1.57. The summed E-state index contributed by atoms with van der Waals surface area (Å²) in [5, 5.41) is 4.54. The summed E-state index contributed by atoms with van der Waals surface area (Å²) in [5.41, 5.74) is 7.51. The van der Waals surface area contributed by atoms with Crippen molar-refractivity contribution in [2.75, 3.05) is 17.8 Å². The molecular formula is C17H13ClN4O2S. The maximum Gasteiger partial charge on any atom is 0.231 e. The maximum absolute atomic E-state index is 6.23. The summed E-state index contributed by atoms with van der Waals surface area (Å²) in [4.78, 5) is 9.48. The minimum absolute atomic E-state index is 0.232. The Morgan fingerprint density at radius 2 is 1.84 bits per heavy atom. The molecule has 0 aliphatic carbocycles. The first-order valence-corrected chi connectivity index (χ1v) is 8.59. The van der Waals surface area contributed by atoms with Gasteiger partial charge in [-0.2, -0.15) is 0 Å². The third-order valence-electron chi connectivity index (χ3n) is 3.51. The molecular weight excluding hydrogens is 360 g/mol. The summed E-state index contributed by atoms with van der Waals surface area (Å²) in [6.07, 6.45) is 1.48. The first kappa shape index (κ1) is 15.9. The highest BCUT2D eigenvalue weighted by atomic mass is 35.5. The second-order valence-corrected chi connectivity index (χ2v) is 6.69. The van der Waals surface area contributed by atoms with E-state index >= 15 is 0 Å². The molecule has 3 N–H and O–H groups in total. The number of nitrogens with zero attached hydrogens (tertiary/aromatic N) is 2. The zero-order chi connectivity index (χ0) is 17.2. The number of hydrogen-bond acceptors (Lipinski definition) is 7. The van der Waals surface area contributed by atoms with E-state index in [2.05, 4.69) is 15.3 Å². The van der Waals surface area contributed by atoms with Gasteiger partial charge in [0, 0.05) is 21.7 Å². The van der Waals surface area contributed by atoms with E-state index in [-0.39, 0.29) is 6.79 Å². The normalized spacial score (nSPS) is 12.2. The summed E-state index contributed by atoms with van der Waals surface area (Å²) in [6.45, 7) is 0.232. The zero-order valence-corrected chi connectivity index (χ0v) is 14.5. The molecule has 2 heterocycles. The van der Waals surface area contributed by atoms with Gasteiger partial charge >= 0.3 is 0 Å². The van der Waals surface area contributed by atoms with Gasteiger partial charge in [0.15, 0.2) is 17.3 Å². The number of hydrogen-bond donors (Lipinski definition) is 2. The molecule has 1 aliphatic heterocycles. The number of nitrogens with two attached hydrogens (primary N) is 1. The highest BCUT2D eigenvalue weighted by molar-refractivity contribution is 7.99. The number of rotatable bonds is 4. The molecule has 6 nitrogen and oxygen atoms in total. The largest absolute Gasteiger partial charge is 0.454 e. The zero-order valence-electron chi connectivity index (χ0n) is 12.9. The predicted octanol–water partition coefficient (Wildman–Crippen LogP) is 4.34. The van der Waals surface area contributed by atoms with Gasteiger partial charge < -0.3 is 20.5 Å². The lowest BCUT2D eigenvalue weighted by molar-refractivity contribution is 0.174. The Hall–Kier alpha value is -2.64. The van der Waals surface area contributed by atoms with Crippen LogP contribution < -0.4 is 20.5 Å². The number of anilines is 3. The first-order valence-electron chi connectivity index (χ1n) is 7.39. The fourth-order valence-corrected chi connectivity index (χ4v) is 3.21. The smallest absolute Gasteiger partial charge is 0.231 e. The molecule has 0 fully saturated rings. The van der Waals surface area contributed by atoms with Crippen molar-refractivity contribution in [3.63, 3.8) is 0 Å². The predicted molar refractivity (Wildman–Crippen MR) is 97.9 cm³/mol. The Morgan fingerprint density at radius 1 is 1.04 bits per heavy atom. The Morgan fingerprint density at radius 3 is 2.68 bits per heavy atom. The van der Waals surface area contributed by atoms with Crippen LogP contribution in [0.5, 0.6) is 11.5 Å². The van der Waals surface area contributed by atoms with Gasteiger partial charge in [-0.05, 0) is 36.4 Å². The van der Waals surface area contributed by atoms with E-state index in [1.807, 2.05) is 42.5 Å². The van der Waals surface area contributed by atoms with Crippen molar-refractivity contribution in [1.29, 1.82) is 0 Å². The fourth-order valence-electron chi connectivity index (χ4n) is 2.29. The number of aromatic nitrogens is 2. The molecule has 1 aliphatic rings. The average molecular weight is 373 g/mol. The molecule has 4 rings (SSSR count). The third kappa shape index (κ3) is 3.42. The van der Waals surface area contributed by atoms with Crippen molar-refractivity contribution in [3.05, 3.63) is 53.8 Å². The van der Waals surface area contributed by atoms with Crippen molar-refractivity contribution in [3.8, 4) is 11.5 Å². The molecule has 126 valence electrons. The maximum atomic E-state index is 6.23. The number of halogens is 1. The monoisotopic (exact) mass is 372 g/mol. The van der Waals surface area contributed by atoms with Crippen molar-refractivity contribution in [2.45, 2.75) is 9.92 Å². The van der Waals surface area contributed by atoms with Crippen LogP contribution in [0.3, 0.4) is 0 Å². The second kappa shape index (κ2) is 6.70. The van der Waals surface area contributed by atoms with Crippen molar-refractivity contribution in [2.24, 2.45) is 0 Å². The quantitative estimate of drug-likeness (QED) is 0.659. The molecule has 25 heavy (non-hydrogen) atoms. The van der Waals surface area contributed by atoms with Crippen LogP contribution in [0.4, 0.5) is 17.2 Å². The lowest BCUT2D eigenvalue weighted by atomic mass is 10.2. The number of nitrogen functional groups attached to an aromatic ring is 1. The van der Waals surface area contributed by atoms with E-state index in [9.17, 15) is 0 Å².